The lowest BCUT2D eigenvalue weighted by Gasteiger charge is -2.44. The van der Waals surface area contributed by atoms with Gasteiger partial charge in [0, 0.05) is 42.6 Å². The third kappa shape index (κ3) is 3.13. The van der Waals surface area contributed by atoms with Crippen LogP contribution in [0.4, 0.5) is 17.1 Å². The van der Waals surface area contributed by atoms with Crippen LogP contribution < -0.4 is 19.6 Å². The molecule has 2 aromatic carbocycles. The molecule has 0 spiro atoms. The van der Waals surface area contributed by atoms with Crippen LogP contribution in [0.15, 0.2) is 41.5 Å². The molecule has 2 aromatic rings. The SMILES string of the molecule is COc1c2c(cc3c1OCO3)C13C=C/C(=N/Nc4ccc([N+](=O)[O-])cc4[N+](=O)[O-])CC1N(CC3)C2. The number of hydrazone groups is 1. The summed E-state index contributed by atoms with van der Waals surface area (Å²) in [4.78, 5) is 23.5. The van der Waals surface area contributed by atoms with Gasteiger partial charge in [0.15, 0.2) is 11.5 Å². The first kappa shape index (κ1) is 21.4. The van der Waals surface area contributed by atoms with E-state index in [0.717, 1.165) is 36.1 Å². The lowest BCUT2D eigenvalue weighted by atomic mass is 9.66. The summed E-state index contributed by atoms with van der Waals surface area (Å²) in [5.74, 6) is 2.06. The van der Waals surface area contributed by atoms with E-state index in [0.29, 0.717) is 24.5 Å². The molecule has 12 heteroatoms. The molecular weight excluding hydrogens is 458 g/mol. The molecule has 2 bridgehead atoms. The van der Waals surface area contributed by atoms with Crippen molar-refractivity contribution in [2.45, 2.75) is 30.8 Å². The largest absolute Gasteiger partial charge is 0.492 e. The lowest BCUT2D eigenvalue weighted by Crippen LogP contribution is -2.48. The molecule has 0 aromatic heterocycles. The van der Waals surface area contributed by atoms with Gasteiger partial charge in [0.2, 0.25) is 12.5 Å². The molecule has 6 rings (SSSR count). The van der Waals surface area contributed by atoms with E-state index in [1.807, 2.05) is 6.08 Å². The summed E-state index contributed by atoms with van der Waals surface area (Å²) in [6, 6.07) is 5.67. The van der Waals surface area contributed by atoms with Gasteiger partial charge in [-0.25, -0.2) is 0 Å². The van der Waals surface area contributed by atoms with Crippen LogP contribution in [0.5, 0.6) is 17.2 Å². The molecule has 4 aliphatic rings. The third-order valence-electron chi connectivity index (χ3n) is 7.32. The van der Waals surface area contributed by atoms with Crippen LogP contribution in [0, 0.1) is 20.2 Å². The van der Waals surface area contributed by atoms with Crippen molar-refractivity contribution < 1.29 is 24.1 Å². The van der Waals surface area contributed by atoms with Crippen LogP contribution in [-0.2, 0) is 12.0 Å². The van der Waals surface area contributed by atoms with Crippen molar-refractivity contribution in [2.24, 2.45) is 5.10 Å². The van der Waals surface area contributed by atoms with Crippen LogP contribution in [0.3, 0.4) is 0 Å². The molecule has 180 valence electrons. The van der Waals surface area contributed by atoms with Crippen molar-refractivity contribution in [3.8, 4) is 17.2 Å². The Bertz CT molecular complexity index is 1340. The number of allylic oxidation sites excluding steroid dienone is 1. The minimum absolute atomic E-state index is 0.0940. The normalized spacial score (nSPS) is 26.3. The highest BCUT2D eigenvalue weighted by molar-refractivity contribution is 5.98. The van der Waals surface area contributed by atoms with Gasteiger partial charge in [-0.15, -0.1) is 0 Å². The standard InChI is InChI=1S/C23H21N5O7/c1-33-21-15-11-26-7-6-23(16(15)10-19-22(21)35-12-34-19)5-4-13(8-20(23)26)24-25-17-3-2-14(27(29)30)9-18(17)28(31)32/h2-5,9-10,20,25H,6-8,11-12H2,1H3/b24-13-. The van der Waals surface area contributed by atoms with Gasteiger partial charge < -0.3 is 14.2 Å². The van der Waals surface area contributed by atoms with E-state index in [1.165, 1.54) is 17.7 Å². The van der Waals surface area contributed by atoms with Crippen molar-refractivity contribution in [1.29, 1.82) is 0 Å². The van der Waals surface area contributed by atoms with E-state index in [4.69, 9.17) is 14.2 Å². The number of nitrogens with zero attached hydrogens (tertiary/aromatic N) is 4. The maximum absolute atomic E-state index is 11.4. The zero-order valence-electron chi connectivity index (χ0n) is 18.7. The zero-order chi connectivity index (χ0) is 24.3. The topological polar surface area (TPSA) is 142 Å². The molecule has 1 N–H and O–H groups in total. The van der Waals surface area contributed by atoms with Gasteiger partial charge in [-0.05, 0) is 30.2 Å². The van der Waals surface area contributed by atoms with Crippen LogP contribution in [-0.4, -0.2) is 46.9 Å². The fraction of sp³-hybridized carbons (Fsp3) is 0.348. The number of nitrogens with one attached hydrogen (secondary N) is 1. The summed E-state index contributed by atoms with van der Waals surface area (Å²) in [7, 11) is 1.64. The highest BCUT2D eigenvalue weighted by Gasteiger charge is 2.54. The highest BCUT2D eigenvalue weighted by atomic mass is 16.7. The Hall–Kier alpha value is -4.19. The van der Waals surface area contributed by atoms with Crippen LogP contribution in [0.25, 0.3) is 0 Å². The molecule has 0 radical (unpaired) electrons. The molecule has 1 fully saturated rings. The minimum Gasteiger partial charge on any atom is -0.492 e. The maximum atomic E-state index is 11.4. The second-order valence-electron chi connectivity index (χ2n) is 8.91. The summed E-state index contributed by atoms with van der Waals surface area (Å²) in [6.07, 6.45) is 5.68. The maximum Gasteiger partial charge on any atom is 0.301 e. The molecule has 0 saturated carbocycles. The summed E-state index contributed by atoms with van der Waals surface area (Å²) in [6.45, 7) is 1.79. The average molecular weight is 479 g/mol. The Morgan fingerprint density at radius 2 is 2.09 bits per heavy atom. The number of nitro groups is 2. The minimum atomic E-state index is -0.668. The summed E-state index contributed by atoms with van der Waals surface area (Å²) >= 11 is 0. The predicted molar refractivity (Wildman–Crippen MR) is 124 cm³/mol. The van der Waals surface area contributed by atoms with E-state index in [2.05, 4.69) is 27.6 Å². The van der Waals surface area contributed by atoms with Crippen molar-refractivity contribution in [3.63, 3.8) is 0 Å². The lowest BCUT2D eigenvalue weighted by molar-refractivity contribution is -0.393. The van der Waals surface area contributed by atoms with Crippen LogP contribution in [0.2, 0.25) is 0 Å². The van der Waals surface area contributed by atoms with Gasteiger partial charge in [-0.3, -0.25) is 30.6 Å². The monoisotopic (exact) mass is 479 g/mol. The van der Waals surface area contributed by atoms with Crippen molar-refractivity contribution in [3.05, 3.63) is 67.8 Å². The first-order valence-electron chi connectivity index (χ1n) is 11.1. The zero-order valence-corrected chi connectivity index (χ0v) is 18.7. The highest BCUT2D eigenvalue weighted by Crippen LogP contribution is 2.56. The van der Waals surface area contributed by atoms with E-state index in [1.54, 1.807) is 7.11 Å². The first-order valence-corrected chi connectivity index (χ1v) is 11.1. The van der Waals surface area contributed by atoms with Gasteiger partial charge in [0.05, 0.1) is 28.7 Å². The predicted octanol–water partition coefficient (Wildman–Crippen LogP) is 3.49. The Kier molecular flexibility index (Phi) is 4.68. The number of nitro benzene ring substituents is 2. The number of benzene rings is 2. The number of non-ortho nitro benzene ring substituents is 1. The quantitative estimate of drug-likeness (QED) is 0.504. The molecule has 1 saturated heterocycles. The molecule has 3 heterocycles. The summed E-state index contributed by atoms with van der Waals surface area (Å²) < 4.78 is 17.1. The van der Waals surface area contributed by atoms with E-state index < -0.39 is 15.5 Å². The Balaban J connectivity index is 1.34. The third-order valence-corrected chi connectivity index (χ3v) is 7.32. The van der Waals surface area contributed by atoms with E-state index in [-0.39, 0.29) is 29.6 Å². The van der Waals surface area contributed by atoms with E-state index >= 15 is 0 Å². The van der Waals surface area contributed by atoms with Crippen LogP contribution >= 0.6 is 0 Å². The number of hydrogen-bond acceptors (Lipinski definition) is 10. The second kappa shape index (κ2) is 7.67. The summed E-state index contributed by atoms with van der Waals surface area (Å²) in [5.41, 5.74) is 4.88. The van der Waals surface area contributed by atoms with Crippen molar-refractivity contribution >= 4 is 22.8 Å². The summed E-state index contributed by atoms with van der Waals surface area (Å²) in [5, 5.41) is 26.8. The van der Waals surface area contributed by atoms with Crippen molar-refractivity contribution in [2.75, 3.05) is 25.9 Å². The molecule has 12 nitrogen and oxygen atoms in total. The fourth-order valence-corrected chi connectivity index (χ4v) is 5.72. The second-order valence-corrected chi connectivity index (χ2v) is 8.91. The van der Waals surface area contributed by atoms with Gasteiger partial charge in [0.25, 0.3) is 5.69 Å². The Morgan fingerprint density at radius 3 is 2.86 bits per heavy atom. The fourth-order valence-electron chi connectivity index (χ4n) is 5.72. The van der Waals surface area contributed by atoms with E-state index in [9.17, 15) is 20.2 Å². The number of fused-ring (bicyclic) bond motifs is 2. The average Bonchev–Trinajstić information content (AvgIpc) is 3.43. The van der Waals surface area contributed by atoms with Gasteiger partial charge in [0.1, 0.15) is 5.69 Å². The van der Waals surface area contributed by atoms with Crippen LogP contribution in [0.1, 0.15) is 24.0 Å². The molecule has 0 amide bonds. The first-order chi connectivity index (χ1) is 16.9. The Labute approximate surface area is 199 Å². The van der Waals surface area contributed by atoms with Gasteiger partial charge >= 0.3 is 5.69 Å². The molecule has 1 aliphatic carbocycles. The number of rotatable bonds is 5. The molecular formula is C23H21N5O7. The Morgan fingerprint density at radius 1 is 1.23 bits per heavy atom. The van der Waals surface area contributed by atoms with Gasteiger partial charge in [-0.2, -0.15) is 5.10 Å². The molecule has 3 aliphatic heterocycles. The molecule has 35 heavy (non-hydrogen) atoms. The number of methoxy groups -OCH3 is 1. The molecule has 3 unspecified atom stereocenters. The number of anilines is 1. The number of hydrogen-bond donors (Lipinski definition) is 1. The van der Waals surface area contributed by atoms with Crippen molar-refractivity contribution in [1.82, 2.24) is 4.90 Å². The molecule has 3 atom stereocenters. The van der Waals surface area contributed by atoms with Gasteiger partial charge in [-0.1, -0.05) is 6.08 Å². The number of ether oxygens (including phenoxy) is 3. The smallest absolute Gasteiger partial charge is 0.301 e.